The summed E-state index contributed by atoms with van der Waals surface area (Å²) in [4.78, 5) is 47.3. The summed E-state index contributed by atoms with van der Waals surface area (Å²) in [5, 5.41) is 2.70. The Morgan fingerprint density at radius 1 is 1.14 bits per heavy atom. The van der Waals surface area contributed by atoms with Gasteiger partial charge in [0, 0.05) is 18.8 Å². The predicted molar refractivity (Wildman–Crippen MR) is 143 cm³/mol. The van der Waals surface area contributed by atoms with Gasteiger partial charge in [-0.15, -0.1) is 0 Å². The first-order valence-corrected chi connectivity index (χ1v) is 13.7. The number of allylic oxidation sites excluding steroid dienone is 1. The number of aryl methyl sites for hydroxylation is 1. The third-order valence-electron chi connectivity index (χ3n) is 6.85. The van der Waals surface area contributed by atoms with Gasteiger partial charge in [-0.05, 0) is 64.0 Å². The Balaban J connectivity index is 1.57. The number of carbonyl (C=O) groups is 3. The first-order chi connectivity index (χ1) is 17.7. The Labute approximate surface area is 222 Å². The number of amidine groups is 1. The van der Waals surface area contributed by atoms with Crippen LogP contribution in [0.4, 0.5) is 0 Å². The van der Waals surface area contributed by atoms with Gasteiger partial charge in [-0.1, -0.05) is 36.0 Å². The lowest BCUT2D eigenvalue weighted by molar-refractivity contribution is -0.151. The minimum absolute atomic E-state index is 0.00322. The molecule has 8 nitrogen and oxygen atoms in total. The highest BCUT2D eigenvalue weighted by Crippen LogP contribution is 2.45. The van der Waals surface area contributed by atoms with Crippen LogP contribution in [0, 0.1) is 12.8 Å². The second-order valence-corrected chi connectivity index (χ2v) is 10.6. The third-order valence-corrected chi connectivity index (χ3v) is 7.74. The second-order valence-electron chi connectivity index (χ2n) is 9.79. The number of ether oxygens (including phenoxy) is 2. The van der Waals surface area contributed by atoms with Crippen LogP contribution in [0.25, 0.3) is 0 Å². The largest absolute Gasteiger partial charge is 0.466 e. The molecule has 4 rings (SSSR count). The fraction of sp³-hybridized carbons (Fsp3) is 0.500. The molecule has 0 aliphatic carbocycles. The third kappa shape index (κ3) is 5.76. The number of likely N-dealkylation sites (tertiary alicyclic amines) is 1. The highest BCUT2D eigenvalue weighted by Gasteiger charge is 2.42. The number of esters is 2. The van der Waals surface area contributed by atoms with Gasteiger partial charge in [0.15, 0.2) is 5.17 Å². The lowest BCUT2D eigenvalue weighted by Crippen LogP contribution is -2.42. The lowest BCUT2D eigenvalue weighted by Gasteiger charge is -2.38. The highest BCUT2D eigenvalue weighted by molar-refractivity contribution is 8.16. The Bertz CT molecular complexity index is 1160. The quantitative estimate of drug-likeness (QED) is 0.476. The van der Waals surface area contributed by atoms with Crippen molar-refractivity contribution in [1.82, 2.24) is 9.80 Å². The van der Waals surface area contributed by atoms with Crippen molar-refractivity contribution in [2.75, 3.05) is 19.7 Å². The molecule has 3 aliphatic rings. The molecule has 3 aliphatic heterocycles. The topological polar surface area (TPSA) is 88.5 Å². The number of fused-ring (bicyclic) bond motifs is 1. The van der Waals surface area contributed by atoms with Crippen molar-refractivity contribution in [3.63, 3.8) is 0 Å². The Hall–Kier alpha value is -3.07. The van der Waals surface area contributed by atoms with Crippen LogP contribution < -0.4 is 0 Å². The average molecular weight is 526 g/mol. The molecule has 1 aromatic carbocycles. The Morgan fingerprint density at radius 3 is 2.49 bits per heavy atom. The molecule has 1 fully saturated rings. The van der Waals surface area contributed by atoms with Crippen LogP contribution in [-0.4, -0.2) is 58.6 Å². The van der Waals surface area contributed by atoms with Gasteiger partial charge in [0.2, 0.25) is 5.91 Å². The SMILES string of the molecule is CCOC(=O)C1CCN(C(=O)CC2=CSC3=NC(C)=C(C(=O)OC(C)C)[C@@H](c4ccccc4C)N23)CC1. The van der Waals surface area contributed by atoms with Crippen LogP contribution in [0.1, 0.15) is 64.1 Å². The lowest BCUT2D eigenvalue weighted by atomic mass is 9.91. The highest BCUT2D eigenvalue weighted by atomic mass is 32.2. The number of thioether (sulfide) groups is 1. The normalized spacial score (nSPS) is 20.0. The summed E-state index contributed by atoms with van der Waals surface area (Å²) in [6.07, 6.45) is 1.13. The molecule has 37 heavy (non-hydrogen) atoms. The van der Waals surface area contributed by atoms with E-state index in [1.807, 2.05) is 67.2 Å². The molecule has 0 radical (unpaired) electrons. The summed E-state index contributed by atoms with van der Waals surface area (Å²) in [6, 6.07) is 7.52. The number of carbonyl (C=O) groups excluding carboxylic acids is 3. The minimum atomic E-state index is -0.441. The summed E-state index contributed by atoms with van der Waals surface area (Å²) < 4.78 is 10.8. The maximum absolute atomic E-state index is 13.4. The summed E-state index contributed by atoms with van der Waals surface area (Å²) in [6.45, 7) is 10.7. The zero-order valence-electron chi connectivity index (χ0n) is 22.2. The van der Waals surface area contributed by atoms with E-state index in [-0.39, 0.29) is 30.3 Å². The predicted octanol–water partition coefficient (Wildman–Crippen LogP) is 4.71. The fourth-order valence-electron chi connectivity index (χ4n) is 4.99. The maximum atomic E-state index is 13.4. The van der Waals surface area contributed by atoms with Crippen molar-refractivity contribution in [3.05, 3.63) is 57.8 Å². The van der Waals surface area contributed by atoms with E-state index < -0.39 is 12.0 Å². The van der Waals surface area contributed by atoms with Gasteiger partial charge >= 0.3 is 11.9 Å². The molecule has 3 heterocycles. The van der Waals surface area contributed by atoms with Gasteiger partial charge in [-0.3, -0.25) is 9.59 Å². The van der Waals surface area contributed by atoms with Crippen LogP contribution >= 0.6 is 11.8 Å². The van der Waals surface area contributed by atoms with Crippen LogP contribution in [0.2, 0.25) is 0 Å². The standard InChI is InChI=1S/C28H35N3O5S/c1-6-35-26(33)20-11-13-30(14-12-20)23(32)15-21-16-37-28-29-19(5)24(27(34)36-17(2)3)25(31(21)28)22-10-8-7-9-18(22)4/h7-10,16-17,20,25H,6,11-15H2,1-5H3/t25-/m1/s1. The van der Waals surface area contributed by atoms with E-state index in [1.165, 1.54) is 11.8 Å². The Kier molecular flexibility index (Phi) is 8.42. The maximum Gasteiger partial charge on any atom is 0.338 e. The number of nitrogens with zero attached hydrogens (tertiary/aromatic N) is 3. The van der Waals surface area contributed by atoms with Crippen LogP contribution in [0.3, 0.4) is 0 Å². The number of hydrogen-bond acceptors (Lipinski definition) is 8. The van der Waals surface area contributed by atoms with Crippen molar-refractivity contribution in [3.8, 4) is 0 Å². The molecule has 1 atom stereocenters. The summed E-state index contributed by atoms with van der Waals surface area (Å²) in [5.74, 6) is -0.731. The van der Waals surface area contributed by atoms with Crippen LogP contribution in [0.5, 0.6) is 0 Å². The van der Waals surface area contributed by atoms with E-state index in [2.05, 4.69) is 0 Å². The molecule has 0 unspecified atom stereocenters. The number of piperidine rings is 1. The molecule has 0 aromatic heterocycles. The molecule has 0 bridgehead atoms. The van der Waals surface area contributed by atoms with Gasteiger partial charge in [0.1, 0.15) is 0 Å². The number of amides is 1. The van der Waals surface area contributed by atoms with E-state index >= 15 is 0 Å². The molecule has 198 valence electrons. The van der Waals surface area contributed by atoms with Crippen molar-refractivity contribution in [2.24, 2.45) is 10.9 Å². The first kappa shape index (κ1) is 27.0. The average Bonchev–Trinajstić information content (AvgIpc) is 3.25. The van der Waals surface area contributed by atoms with E-state index in [0.717, 1.165) is 22.0 Å². The Morgan fingerprint density at radius 2 is 1.84 bits per heavy atom. The zero-order chi connectivity index (χ0) is 26.7. The van der Waals surface area contributed by atoms with Crippen LogP contribution in [-0.2, 0) is 23.9 Å². The molecule has 9 heteroatoms. The van der Waals surface area contributed by atoms with E-state index in [4.69, 9.17) is 14.5 Å². The zero-order valence-corrected chi connectivity index (χ0v) is 23.0. The van der Waals surface area contributed by atoms with Crippen molar-refractivity contribution in [1.29, 1.82) is 0 Å². The molecule has 0 N–H and O–H groups in total. The molecule has 0 saturated carbocycles. The fourth-order valence-corrected chi connectivity index (χ4v) is 5.95. The minimum Gasteiger partial charge on any atom is -0.466 e. The number of aliphatic imine (C=N–C) groups is 1. The van der Waals surface area contributed by atoms with E-state index in [0.29, 0.717) is 43.8 Å². The van der Waals surface area contributed by atoms with Crippen molar-refractivity contribution < 1.29 is 23.9 Å². The monoisotopic (exact) mass is 525 g/mol. The molecule has 1 saturated heterocycles. The number of hydrogen-bond donors (Lipinski definition) is 0. The molecular weight excluding hydrogens is 490 g/mol. The number of rotatable bonds is 7. The van der Waals surface area contributed by atoms with Gasteiger partial charge in [-0.25, -0.2) is 9.79 Å². The van der Waals surface area contributed by atoms with Gasteiger partial charge in [0.05, 0.1) is 42.4 Å². The van der Waals surface area contributed by atoms with Gasteiger partial charge < -0.3 is 19.3 Å². The smallest absolute Gasteiger partial charge is 0.338 e. The second kappa shape index (κ2) is 11.5. The van der Waals surface area contributed by atoms with Gasteiger partial charge in [-0.2, -0.15) is 0 Å². The summed E-state index contributed by atoms with van der Waals surface area (Å²) >= 11 is 1.46. The van der Waals surface area contributed by atoms with E-state index in [9.17, 15) is 14.4 Å². The molecule has 1 aromatic rings. The first-order valence-electron chi connectivity index (χ1n) is 12.9. The van der Waals surface area contributed by atoms with Crippen molar-refractivity contribution in [2.45, 2.75) is 66.0 Å². The van der Waals surface area contributed by atoms with Crippen molar-refractivity contribution >= 4 is 34.8 Å². The molecular formula is C28H35N3O5S. The van der Waals surface area contributed by atoms with E-state index in [1.54, 1.807) is 6.92 Å². The summed E-state index contributed by atoms with van der Waals surface area (Å²) in [7, 11) is 0. The van der Waals surface area contributed by atoms with Crippen LogP contribution in [0.15, 0.2) is 51.6 Å². The number of benzene rings is 1. The molecule has 0 spiro atoms. The molecule has 1 amide bonds. The summed E-state index contributed by atoms with van der Waals surface area (Å²) in [5.41, 5.74) is 3.93. The van der Waals surface area contributed by atoms with Gasteiger partial charge in [0.25, 0.3) is 0 Å².